The molecule has 1 amide bonds. The van der Waals surface area contributed by atoms with Crippen molar-refractivity contribution in [3.8, 4) is 0 Å². The molecule has 0 saturated heterocycles. The predicted molar refractivity (Wildman–Crippen MR) is 77.0 cm³/mol. The summed E-state index contributed by atoms with van der Waals surface area (Å²) in [5.41, 5.74) is 5.25. The Morgan fingerprint density at radius 3 is 2.33 bits per heavy atom. The number of aromatic nitrogens is 2. The number of carboxylic acids is 1. The van der Waals surface area contributed by atoms with Crippen molar-refractivity contribution < 1.29 is 14.7 Å². The maximum absolute atomic E-state index is 12.1. The quantitative estimate of drug-likeness (QED) is 0.823. The second kappa shape index (κ2) is 5.67. The molecule has 0 aliphatic heterocycles. The van der Waals surface area contributed by atoms with E-state index in [1.54, 1.807) is 27.7 Å². The highest BCUT2D eigenvalue weighted by Gasteiger charge is 2.29. The Morgan fingerprint density at radius 1 is 1.38 bits per heavy atom. The first kappa shape index (κ1) is 16.9. The van der Waals surface area contributed by atoms with Gasteiger partial charge in [-0.15, -0.1) is 0 Å². The smallest absolute Gasteiger partial charge is 0.348 e. The normalized spacial score (nSPS) is 13.0. The highest BCUT2D eigenvalue weighted by molar-refractivity contribution is 5.79. The van der Waals surface area contributed by atoms with Crippen molar-refractivity contribution in [2.75, 3.05) is 0 Å². The topological polar surface area (TPSA) is 115 Å². The first-order valence-corrected chi connectivity index (χ1v) is 6.59. The number of carbonyl (C=O) groups is 2. The summed E-state index contributed by atoms with van der Waals surface area (Å²) >= 11 is 0. The maximum atomic E-state index is 12.1. The van der Waals surface area contributed by atoms with Crippen LogP contribution in [0.4, 0.5) is 0 Å². The van der Waals surface area contributed by atoms with Gasteiger partial charge in [-0.2, -0.15) is 4.98 Å². The standard InChI is InChI=1S/C14H21N3O4/c1-7(11(18)19)10-8(2)16-13(21)17(9(10)3)6-14(4,5)12(15)20/h7H,6H2,1-5H3,(H2,15,20)(H,18,19). The van der Waals surface area contributed by atoms with Crippen molar-refractivity contribution in [1.82, 2.24) is 9.55 Å². The van der Waals surface area contributed by atoms with E-state index in [2.05, 4.69) is 4.98 Å². The van der Waals surface area contributed by atoms with Crippen LogP contribution in [0.3, 0.4) is 0 Å². The summed E-state index contributed by atoms with van der Waals surface area (Å²) in [7, 11) is 0. The van der Waals surface area contributed by atoms with Crippen molar-refractivity contribution in [1.29, 1.82) is 0 Å². The second-order valence-corrected chi connectivity index (χ2v) is 5.87. The predicted octanol–water partition coefficient (Wildman–Crippen LogP) is 0.560. The van der Waals surface area contributed by atoms with Gasteiger partial charge in [0.2, 0.25) is 5.91 Å². The SMILES string of the molecule is Cc1nc(=O)n(CC(C)(C)C(N)=O)c(C)c1C(C)C(=O)O. The number of aryl methyl sites for hydroxylation is 1. The molecule has 21 heavy (non-hydrogen) atoms. The average molecular weight is 295 g/mol. The highest BCUT2D eigenvalue weighted by Crippen LogP contribution is 2.24. The number of hydrogen-bond acceptors (Lipinski definition) is 4. The number of aliphatic carboxylic acids is 1. The van der Waals surface area contributed by atoms with E-state index < -0.39 is 28.9 Å². The van der Waals surface area contributed by atoms with E-state index in [1.807, 2.05) is 0 Å². The van der Waals surface area contributed by atoms with Crippen LogP contribution in [0.1, 0.15) is 43.6 Å². The number of amides is 1. The van der Waals surface area contributed by atoms with E-state index in [-0.39, 0.29) is 6.54 Å². The molecule has 0 bridgehead atoms. The molecule has 1 heterocycles. The molecule has 3 N–H and O–H groups in total. The minimum atomic E-state index is -0.998. The van der Waals surface area contributed by atoms with Crippen molar-refractivity contribution in [3.63, 3.8) is 0 Å². The Bertz CT molecular complexity index is 646. The Labute approximate surface area is 122 Å². The van der Waals surface area contributed by atoms with Crippen LogP contribution in [-0.2, 0) is 16.1 Å². The Balaban J connectivity index is 3.48. The molecule has 7 nitrogen and oxygen atoms in total. The fourth-order valence-corrected chi connectivity index (χ4v) is 2.22. The van der Waals surface area contributed by atoms with Crippen LogP contribution in [0.5, 0.6) is 0 Å². The Hall–Kier alpha value is -2.18. The van der Waals surface area contributed by atoms with Crippen LogP contribution in [0.25, 0.3) is 0 Å². The van der Waals surface area contributed by atoms with E-state index in [4.69, 9.17) is 5.73 Å². The van der Waals surface area contributed by atoms with Crippen LogP contribution in [0, 0.1) is 19.3 Å². The van der Waals surface area contributed by atoms with Crippen LogP contribution >= 0.6 is 0 Å². The average Bonchev–Trinajstić information content (AvgIpc) is 2.33. The van der Waals surface area contributed by atoms with Gasteiger partial charge >= 0.3 is 11.7 Å². The third kappa shape index (κ3) is 3.29. The lowest BCUT2D eigenvalue weighted by Crippen LogP contribution is -2.40. The number of rotatable bonds is 5. The summed E-state index contributed by atoms with van der Waals surface area (Å²) in [6.07, 6.45) is 0. The molecule has 1 atom stereocenters. The van der Waals surface area contributed by atoms with Crippen LogP contribution < -0.4 is 11.4 Å². The first-order valence-electron chi connectivity index (χ1n) is 6.59. The second-order valence-electron chi connectivity index (χ2n) is 5.87. The molecule has 0 radical (unpaired) electrons. The van der Waals surface area contributed by atoms with Crippen molar-refractivity contribution in [2.24, 2.45) is 11.1 Å². The number of nitrogens with zero attached hydrogens (tertiary/aromatic N) is 2. The van der Waals surface area contributed by atoms with Crippen LogP contribution in [-0.4, -0.2) is 26.5 Å². The fraction of sp³-hybridized carbons (Fsp3) is 0.571. The van der Waals surface area contributed by atoms with Gasteiger partial charge in [0.15, 0.2) is 0 Å². The highest BCUT2D eigenvalue weighted by atomic mass is 16.4. The molecule has 1 rings (SSSR count). The van der Waals surface area contributed by atoms with Crippen molar-refractivity contribution >= 4 is 11.9 Å². The van der Waals surface area contributed by atoms with Crippen molar-refractivity contribution in [3.05, 3.63) is 27.4 Å². The summed E-state index contributed by atoms with van der Waals surface area (Å²) in [6, 6.07) is 0. The molecule has 0 aromatic carbocycles. The fourth-order valence-electron chi connectivity index (χ4n) is 2.22. The lowest BCUT2D eigenvalue weighted by Gasteiger charge is -2.25. The third-order valence-corrected chi connectivity index (χ3v) is 3.70. The molecular weight excluding hydrogens is 274 g/mol. The lowest BCUT2D eigenvalue weighted by molar-refractivity contribution is -0.138. The molecule has 0 aliphatic carbocycles. The van der Waals surface area contributed by atoms with E-state index >= 15 is 0 Å². The molecule has 0 fully saturated rings. The van der Waals surface area contributed by atoms with Gasteiger partial charge in [0.25, 0.3) is 0 Å². The molecule has 1 aromatic rings. The summed E-state index contributed by atoms with van der Waals surface area (Å²) in [6.45, 7) is 8.10. The summed E-state index contributed by atoms with van der Waals surface area (Å²) in [5, 5.41) is 9.18. The monoisotopic (exact) mass is 295 g/mol. The molecular formula is C14H21N3O4. The number of carbonyl (C=O) groups excluding carboxylic acids is 1. The number of hydrogen-bond donors (Lipinski definition) is 2. The van der Waals surface area contributed by atoms with E-state index in [0.29, 0.717) is 17.0 Å². The van der Waals surface area contributed by atoms with Crippen LogP contribution in [0.2, 0.25) is 0 Å². The van der Waals surface area contributed by atoms with Gasteiger partial charge in [-0.05, 0) is 34.6 Å². The summed E-state index contributed by atoms with van der Waals surface area (Å²) in [5.74, 6) is -2.33. The van der Waals surface area contributed by atoms with Gasteiger partial charge in [-0.1, -0.05) is 0 Å². The molecule has 1 aromatic heterocycles. The van der Waals surface area contributed by atoms with E-state index in [0.717, 1.165) is 0 Å². The van der Waals surface area contributed by atoms with Gasteiger partial charge in [0.1, 0.15) is 0 Å². The van der Waals surface area contributed by atoms with Crippen LogP contribution in [0.15, 0.2) is 4.79 Å². The number of carboxylic acid groups (broad SMARTS) is 1. The Morgan fingerprint density at radius 2 is 1.90 bits per heavy atom. The summed E-state index contributed by atoms with van der Waals surface area (Å²) in [4.78, 5) is 38.6. The van der Waals surface area contributed by atoms with Gasteiger partial charge in [-0.3, -0.25) is 14.2 Å². The Kier molecular flexibility index (Phi) is 4.56. The van der Waals surface area contributed by atoms with Gasteiger partial charge in [-0.25, -0.2) is 4.79 Å². The van der Waals surface area contributed by atoms with Gasteiger partial charge < -0.3 is 10.8 Å². The zero-order valence-corrected chi connectivity index (χ0v) is 12.9. The molecule has 1 unspecified atom stereocenters. The molecule has 116 valence electrons. The lowest BCUT2D eigenvalue weighted by atomic mass is 9.91. The molecule has 7 heteroatoms. The minimum absolute atomic E-state index is 0.0552. The largest absolute Gasteiger partial charge is 0.481 e. The zero-order valence-electron chi connectivity index (χ0n) is 12.9. The van der Waals surface area contributed by atoms with E-state index in [1.165, 1.54) is 11.5 Å². The number of nitrogens with two attached hydrogens (primary N) is 1. The molecule has 0 spiro atoms. The zero-order chi connectivity index (χ0) is 16.5. The molecule has 0 saturated carbocycles. The number of primary amides is 1. The first-order chi connectivity index (χ1) is 9.49. The van der Waals surface area contributed by atoms with Gasteiger partial charge in [0, 0.05) is 23.5 Å². The van der Waals surface area contributed by atoms with Crippen molar-refractivity contribution in [2.45, 2.75) is 47.1 Å². The molecule has 0 aliphatic rings. The minimum Gasteiger partial charge on any atom is -0.481 e. The van der Waals surface area contributed by atoms with Gasteiger partial charge in [0.05, 0.1) is 11.3 Å². The van der Waals surface area contributed by atoms with E-state index in [9.17, 15) is 19.5 Å². The summed E-state index contributed by atoms with van der Waals surface area (Å²) < 4.78 is 1.31. The maximum Gasteiger partial charge on any atom is 0.348 e. The third-order valence-electron chi connectivity index (χ3n) is 3.70.